The van der Waals surface area contributed by atoms with Crippen LogP contribution in [-0.4, -0.2) is 9.38 Å². The lowest BCUT2D eigenvalue weighted by Gasteiger charge is -2.18. The van der Waals surface area contributed by atoms with Gasteiger partial charge < -0.3 is 4.40 Å². The van der Waals surface area contributed by atoms with E-state index >= 15 is 0 Å². The van der Waals surface area contributed by atoms with Gasteiger partial charge in [0.05, 0.1) is 18.0 Å². The number of hydrogen-bond acceptors (Lipinski definition) is 1. The molecule has 2 heteroatoms. The topological polar surface area (TPSA) is 17.3 Å². The number of aromatic nitrogens is 2. The number of nitrogens with zero attached hydrogens (tertiary/aromatic N) is 2. The minimum absolute atomic E-state index is 0.214. The molecule has 0 amide bonds. The first kappa shape index (κ1) is 8.30. The van der Waals surface area contributed by atoms with Gasteiger partial charge >= 0.3 is 0 Å². The summed E-state index contributed by atoms with van der Waals surface area (Å²) in [7, 11) is 0. The summed E-state index contributed by atoms with van der Waals surface area (Å²) in [5.41, 5.74) is 2.72. The Kier molecular flexibility index (Phi) is 1.65. The van der Waals surface area contributed by atoms with E-state index in [1.165, 1.54) is 5.56 Å². The first-order chi connectivity index (χ1) is 6.07. The smallest absolute Gasteiger partial charge is 0.0991 e. The van der Waals surface area contributed by atoms with Crippen molar-refractivity contribution in [1.29, 1.82) is 0 Å². The fourth-order valence-electron chi connectivity index (χ4n) is 1.39. The molecule has 13 heavy (non-hydrogen) atoms. The summed E-state index contributed by atoms with van der Waals surface area (Å²) in [6, 6.07) is 4.34. The Hall–Kier alpha value is -1.31. The van der Waals surface area contributed by atoms with Gasteiger partial charge in [0.15, 0.2) is 0 Å². The summed E-state index contributed by atoms with van der Waals surface area (Å²) in [6.07, 6.45) is 5.76. The molecule has 0 saturated carbocycles. The Morgan fingerprint density at radius 3 is 2.77 bits per heavy atom. The van der Waals surface area contributed by atoms with Crippen molar-refractivity contribution in [1.82, 2.24) is 9.38 Å². The van der Waals surface area contributed by atoms with Crippen LogP contribution >= 0.6 is 0 Å². The van der Waals surface area contributed by atoms with E-state index < -0.39 is 0 Å². The molecule has 2 nitrogen and oxygen atoms in total. The van der Waals surface area contributed by atoms with Crippen LogP contribution in [0, 0.1) is 0 Å². The van der Waals surface area contributed by atoms with E-state index in [0.29, 0.717) is 0 Å². The Morgan fingerprint density at radius 2 is 2.08 bits per heavy atom. The zero-order chi connectivity index (χ0) is 9.47. The second-order valence-electron chi connectivity index (χ2n) is 4.39. The number of rotatable bonds is 0. The van der Waals surface area contributed by atoms with Crippen molar-refractivity contribution in [3.63, 3.8) is 0 Å². The maximum Gasteiger partial charge on any atom is 0.0991 e. The molecule has 68 valence electrons. The zero-order valence-corrected chi connectivity index (χ0v) is 8.28. The van der Waals surface area contributed by atoms with E-state index in [9.17, 15) is 0 Å². The lowest BCUT2D eigenvalue weighted by atomic mass is 9.88. The third kappa shape index (κ3) is 1.44. The maximum atomic E-state index is 4.09. The van der Waals surface area contributed by atoms with Crippen molar-refractivity contribution in [3.8, 4) is 0 Å². The quantitative estimate of drug-likeness (QED) is 0.600. The summed E-state index contributed by atoms with van der Waals surface area (Å²) in [5, 5.41) is 0. The number of hydrogen-bond donors (Lipinski definition) is 0. The average Bonchev–Trinajstić information content (AvgIpc) is 2.47. The average molecular weight is 174 g/mol. The third-order valence-corrected chi connectivity index (χ3v) is 2.28. The molecule has 0 bridgehead atoms. The number of fused-ring (bicyclic) bond motifs is 1. The largest absolute Gasteiger partial charge is 0.306 e. The van der Waals surface area contributed by atoms with Gasteiger partial charge in [-0.05, 0) is 23.1 Å². The first-order valence-corrected chi connectivity index (χ1v) is 4.49. The van der Waals surface area contributed by atoms with Gasteiger partial charge in [0.2, 0.25) is 0 Å². The van der Waals surface area contributed by atoms with Gasteiger partial charge in [-0.15, -0.1) is 0 Å². The molecule has 2 aromatic rings. The Bertz CT molecular complexity index is 421. The van der Waals surface area contributed by atoms with Crippen molar-refractivity contribution in [2.24, 2.45) is 0 Å². The van der Waals surface area contributed by atoms with Crippen molar-refractivity contribution < 1.29 is 0 Å². The van der Waals surface area contributed by atoms with E-state index in [0.717, 1.165) is 5.52 Å². The van der Waals surface area contributed by atoms with Crippen molar-refractivity contribution in [3.05, 3.63) is 36.4 Å². The fraction of sp³-hybridized carbons (Fsp3) is 0.364. The highest BCUT2D eigenvalue weighted by Crippen LogP contribution is 2.22. The molecule has 0 aliphatic rings. The molecule has 0 radical (unpaired) electrons. The lowest BCUT2D eigenvalue weighted by molar-refractivity contribution is 0.590. The Morgan fingerprint density at radius 1 is 1.31 bits per heavy atom. The van der Waals surface area contributed by atoms with Gasteiger partial charge in [-0.25, -0.2) is 4.98 Å². The van der Waals surface area contributed by atoms with Crippen LogP contribution < -0.4 is 0 Å². The molecule has 0 spiro atoms. The molecule has 2 aromatic heterocycles. The highest BCUT2D eigenvalue weighted by atomic mass is 15.0. The predicted octanol–water partition coefficient (Wildman–Crippen LogP) is 2.63. The summed E-state index contributed by atoms with van der Waals surface area (Å²) >= 11 is 0. The van der Waals surface area contributed by atoms with Crippen LogP contribution in [0.15, 0.2) is 30.9 Å². The van der Waals surface area contributed by atoms with E-state index in [1.807, 2.05) is 16.9 Å². The summed E-state index contributed by atoms with van der Waals surface area (Å²) < 4.78 is 2.02. The highest BCUT2D eigenvalue weighted by molar-refractivity contribution is 5.48. The van der Waals surface area contributed by atoms with Crippen LogP contribution in [0.1, 0.15) is 26.3 Å². The number of pyridine rings is 1. The maximum absolute atomic E-state index is 4.09. The first-order valence-electron chi connectivity index (χ1n) is 4.49. The van der Waals surface area contributed by atoms with Crippen molar-refractivity contribution >= 4 is 5.52 Å². The molecular weight excluding hydrogens is 160 g/mol. The summed E-state index contributed by atoms with van der Waals surface area (Å²) in [6.45, 7) is 6.65. The van der Waals surface area contributed by atoms with Crippen LogP contribution in [0.5, 0.6) is 0 Å². The van der Waals surface area contributed by atoms with Gasteiger partial charge in [0, 0.05) is 6.20 Å². The SMILES string of the molecule is CC(C)(C)c1ccn2cncc2c1. The molecule has 2 heterocycles. The molecule has 0 aromatic carbocycles. The van der Waals surface area contributed by atoms with Crippen molar-refractivity contribution in [2.45, 2.75) is 26.2 Å². The lowest BCUT2D eigenvalue weighted by Crippen LogP contribution is -2.10. The second kappa shape index (κ2) is 2.59. The Labute approximate surface area is 78.2 Å². The molecule has 0 unspecified atom stereocenters. The van der Waals surface area contributed by atoms with E-state index in [2.05, 4.69) is 44.1 Å². The standard InChI is InChI=1S/C11H14N2/c1-11(2,3)9-4-5-13-8-12-7-10(13)6-9/h4-8H,1-3H3. The third-order valence-electron chi connectivity index (χ3n) is 2.28. The Balaban J connectivity index is 2.61. The van der Waals surface area contributed by atoms with Crippen molar-refractivity contribution in [2.75, 3.05) is 0 Å². The summed E-state index contributed by atoms with van der Waals surface area (Å²) in [4.78, 5) is 4.09. The van der Waals surface area contributed by atoms with Gasteiger partial charge in [-0.2, -0.15) is 0 Å². The molecule has 0 atom stereocenters. The zero-order valence-electron chi connectivity index (χ0n) is 8.28. The van der Waals surface area contributed by atoms with Crippen LogP contribution in [0.2, 0.25) is 0 Å². The highest BCUT2D eigenvalue weighted by Gasteiger charge is 2.13. The molecule has 0 N–H and O–H groups in total. The van der Waals surface area contributed by atoms with E-state index in [-0.39, 0.29) is 5.41 Å². The minimum Gasteiger partial charge on any atom is -0.306 e. The van der Waals surface area contributed by atoms with E-state index in [4.69, 9.17) is 0 Å². The van der Waals surface area contributed by atoms with Gasteiger partial charge in [0.25, 0.3) is 0 Å². The van der Waals surface area contributed by atoms with Gasteiger partial charge in [-0.3, -0.25) is 0 Å². The normalized spacial score (nSPS) is 12.2. The molecule has 0 aliphatic heterocycles. The van der Waals surface area contributed by atoms with E-state index in [1.54, 1.807) is 0 Å². The van der Waals surface area contributed by atoms with Gasteiger partial charge in [0.1, 0.15) is 0 Å². The monoisotopic (exact) mass is 174 g/mol. The van der Waals surface area contributed by atoms with Crippen LogP contribution in [-0.2, 0) is 5.41 Å². The van der Waals surface area contributed by atoms with Crippen LogP contribution in [0.3, 0.4) is 0 Å². The minimum atomic E-state index is 0.214. The second-order valence-corrected chi connectivity index (χ2v) is 4.39. The van der Waals surface area contributed by atoms with Crippen LogP contribution in [0.25, 0.3) is 5.52 Å². The molecule has 0 aliphatic carbocycles. The molecular formula is C11H14N2. The molecule has 2 rings (SSSR count). The fourth-order valence-corrected chi connectivity index (χ4v) is 1.39. The summed E-state index contributed by atoms with van der Waals surface area (Å²) in [5.74, 6) is 0. The molecule has 0 fully saturated rings. The van der Waals surface area contributed by atoms with Gasteiger partial charge in [-0.1, -0.05) is 20.8 Å². The van der Waals surface area contributed by atoms with Crippen LogP contribution in [0.4, 0.5) is 0 Å². The molecule has 0 saturated heterocycles. The predicted molar refractivity (Wildman–Crippen MR) is 53.9 cm³/mol. The number of imidazole rings is 1.